The minimum atomic E-state index is 0. The van der Waals surface area contributed by atoms with E-state index < -0.39 is 0 Å². The number of alkyl halides is 1. The number of nitrogens with zero attached hydrogens (tertiary/aromatic N) is 2. The highest BCUT2D eigenvalue weighted by molar-refractivity contribution is 6.17. The third-order valence-electron chi connectivity index (χ3n) is 6.78. The van der Waals surface area contributed by atoms with Gasteiger partial charge >= 0.3 is 0 Å². The molecule has 41 heavy (non-hydrogen) atoms. The molecular formula is C31H42Cl2N2O6. The van der Waals surface area contributed by atoms with E-state index in [1.807, 2.05) is 30.3 Å². The molecule has 0 atom stereocenters. The highest BCUT2D eigenvalue weighted by Crippen LogP contribution is 2.30. The van der Waals surface area contributed by atoms with E-state index in [0.29, 0.717) is 5.88 Å². The average Bonchev–Trinajstić information content (AvgIpc) is 3.01. The molecule has 0 spiro atoms. The highest BCUT2D eigenvalue weighted by atomic mass is 35.5. The molecule has 1 aliphatic rings. The summed E-state index contributed by atoms with van der Waals surface area (Å²) < 4.78 is 31.6. The third kappa shape index (κ3) is 9.78. The van der Waals surface area contributed by atoms with E-state index in [0.717, 1.165) is 79.3 Å². The van der Waals surface area contributed by atoms with E-state index >= 15 is 0 Å². The second-order valence-corrected chi connectivity index (χ2v) is 9.52. The number of hydrogen-bond acceptors (Lipinski definition) is 8. The van der Waals surface area contributed by atoms with Crippen molar-refractivity contribution in [1.29, 1.82) is 0 Å². The summed E-state index contributed by atoms with van der Waals surface area (Å²) in [7, 11) is 9.89. The summed E-state index contributed by atoms with van der Waals surface area (Å²) in [6, 6.07) is 17.9. The Balaban J connectivity index is 0.000000381. The Morgan fingerprint density at radius 3 is 1.07 bits per heavy atom. The Labute approximate surface area is 255 Å². The zero-order valence-electron chi connectivity index (χ0n) is 24.8. The molecule has 1 heterocycles. The Morgan fingerprint density at radius 1 is 0.488 bits per heavy atom. The second-order valence-electron chi connectivity index (χ2n) is 9.25. The van der Waals surface area contributed by atoms with Crippen LogP contribution in [0.4, 0.5) is 0 Å². The summed E-state index contributed by atoms with van der Waals surface area (Å²) in [5, 5.41) is 0. The SMILES string of the molecule is COc1ccc(CCl)cc1OC.COc1ccc(CN2CCN(Cc3ccc(OC)c(OC)c3)CC2)cc1OC.Cl. The molecule has 0 bridgehead atoms. The number of halogens is 2. The van der Waals surface area contributed by atoms with Gasteiger partial charge in [-0.25, -0.2) is 0 Å². The average molecular weight is 610 g/mol. The molecule has 3 aromatic carbocycles. The molecule has 10 heteroatoms. The molecule has 0 radical (unpaired) electrons. The molecule has 3 aromatic rings. The zero-order valence-corrected chi connectivity index (χ0v) is 26.3. The highest BCUT2D eigenvalue weighted by Gasteiger charge is 2.18. The van der Waals surface area contributed by atoms with E-state index in [1.165, 1.54) is 11.1 Å². The summed E-state index contributed by atoms with van der Waals surface area (Å²) >= 11 is 5.66. The predicted molar refractivity (Wildman–Crippen MR) is 166 cm³/mol. The van der Waals surface area contributed by atoms with Crippen molar-refractivity contribution in [1.82, 2.24) is 9.80 Å². The number of benzene rings is 3. The first kappa shape index (κ1) is 34.2. The molecule has 226 valence electrons. The van der Waals surface area contributed by atoms with Gasteiger partial charge in [0.05, 0.1) is 42.7 Å². The lowest BCUT2D eigenvalue weighted by Crippen LogP contribution is -2.45. The van der Waals surface area contributed by atoms with E-state index in [-0.39, 0.29) is 12.4 Å². The Kier molecular flexibility index (Phi) is 14.8. The lowest BCUT2D eigenvalue weighted by atomic mass is 10.1. The quantitative estimate of drug-likeness (QED) is 0.249. The van der Waals surface area contributed by atoms with Crippen LogP contribution in [0.3, 0.4) is 0 Å². The summed E-state index contributed by atoms with van der Waals surface area (Å²) in [4.78, 5) is 4.96. The van der Waals surface area contributed by atoms with Gasteiger partial charge in [-0.15, -0.1) is 24.0 Å². The van der Waals surface area contributed by atoms with Gasteiger partial charge < -0.3 is 28.4 Å². The maximum absolute atomic E-state index is 5.66. The molecule has 0 unspecified atom stereocenters. The summed E-state index contributed by atoms with van der Waals surface area (Å²) in [6.07, 6.45) is 0. The van der Waals surface area contributed by atoms with Gasteiger partial charge in [0.2, 0.25) is 0 Å². The Morgan fingerprint density at radius 2 is 0.780 bits per heavy atom. The van der Waals surface area contributed by atoms with Crippen molar-refractivity contribution in [3.05, 3.63) is 71.3 Å². The molecule has 0 aromatic heterocycles. The first-order valence-electron chi connectivity index (χ1n) is 13.1. The van der Waals surface area contributed by atoms with Crippen molar-refractivity contribution in [3.63, 3.8) is 0 Å². The number of hydrogen-bond donors (Lipinski definition) is 0. The number of rotatable bonds is 11. The topological polar surface area (TPSA) is 61.9 Å². The van der Waals surface area contributed by atoms with Gasteiger partial charge in [-0.3, -0.25) is 9.80 Å². The number of ether oxygens (including phenoxy) is 6. The van der Waals surface area contributed by atoms with Crippen molar-refractivity contribution in [3.8, 4) is 34.5 Å². The molecule has 1 saturated heterocycles. The van der Waals surface area contributed by atoms with Gasteiger partial charge in [-0.05, 0) is 53.1 Å². The zero-order chi connectivity index (χ0) is 28.9. The second kappa shape index (κ2) is 17.7. The van der Waals surface area contributed by atoms with E-state index in [2.05, 4.69) is 34.1 Å². The van der Waals surface area contributed by atoms with Crippen LogP contribution in [0.1, 0.15) is 16.7 Å². The molecule has 0 N–H and O–H groups in total. The molecular weight excluding hydrogens is 567 g/mol. The monoisotopic (exact) mass is 608 g/mol. The summed E-state index contributed by atoms with van der Waals surface area (Å²) in [5.74, 6) is 5.04. The molecule has 0 saturated carbocycles. The largest absolute Gasteiger partial charge is 0.493 e. The van der Waals surface area contributed by atoms with Gasteiger partial charge in [-0.2, -0.15) is 0 Å². The van der Waals surface area contributed by atoms with Crippen LogP contribution in [0.25, 0.3) is 0 Å². The van der Waals surface area contributed by atoms with Crippen LogP contribution in [-0.2, 0) is 19.0 Å². The standard InChI is InChI=1S/C22H30N2O4.C9H11ClO2.ClH/c1-25-19-7-5-17(13-21(19)27-3)15-23-9-11-24(12-10-23)16-18-6-8-20(26-2)22(14-18)28-4;1-11-8-4-3-7(6-10)5-9(8)12-2;/h5-8,13-14H,9-12,15-16H2,1-4H3;3-5H,6H2,1-2H3;1H. The molecule has 1 aliphatic heterocycles. The summed E-state index contributed by atoms with van der Waals surface area (Å²) in [5.41, 5.74) is 3.51. The minimum absolute atomic E-state index is 0. The van der Waals surface area contributed by atoms with Crippen molar-refractivity contribution < 1.29 is 28.4 Å². The van der Waals surface area contributed by atoms with Crippen molar-refractivity contribution >= 4 is 24.0 Å². The van der Waals surface area contributed by atoms with Crippen molar-refractivity contribution in [2.75, 3.05) is 68.8 Å². The minimum Gasteiger partial charge on any atom is -0.493 e. The summed E-state index contributed by atoms with van der Waals surface area (Å²) in [6.45, 7) is 6.02. The molecule has 0 aliphatic carbocycles. The first-order valence-corrected chi connectivity index (χ1v) is 13.6. The lowest BCUT2D eigenvalue weighted by Gasteiger charge is -2.34. The number of methoxy groups -OCH3 is 6. The molecule has 4 rings (SSSR count). The maximum atomic E-state index is 5.66. The van der Waals surface area contributed by atoms with Crippen molar-refractivity contribution in [2.45, 2.75) is 19.0 Å². The van der Waals surface area contributed by atoms with Gasteiger partial charge in [0.25, 0.3) is 0 Å². The van der Waals surface area contributed by atoms with E-state index in [1.54, 1.807) is 42.7 Å². The smallest absolute Gasteiger partial charge is 0.161 e. The van der Waals surface area contributed by atoms with Crippen molar-refractivity contribution in [2.24, 2.45) is 0 Å². The van der Waals surface area contributed by atoms with Crippen LogP contribution in [0, 0.1) is 0 Å². The van der Waals surface area contributed by atoms with Crippen LogP contribution in [0.5, 0.6) is 34.5 Å². The molecule has 1 fully saturated rings. The molecule has 0 amide bonds. The number of piperazine rings is 1. The van der Waals surface area contributed by atoms with Gasteiger partial charge in [0, 0.05) is 45.1 Å². The fourth-order valence-electron chi connectivity index (χ4n) is 4.54. The van der Waals surface area contributed by atoms with Gasteiger partial charge in [0.15, 0.2) is 34.5 Å². The van der Waals surface area contributed by atoms with Crippen LogP contribution in [-0.4, -0.2) is 78.6 Å². The van der Waals surface area contributed by atoms with E-state index in [4.69, 9.17) is 40.0 Å². The lowest BCUT2D eigenvalue weighted by molar-refractivity contribution is 0.122. The normalized spacial score (nSPS) is 13.2. The predicted octanol–water partition coefficient (Wildman–Crippen LogP) is 5.90. The van der Waals surface area contributed by atoms with Crippen LogP contribution in [0.15, 0.2) is 54.6 Å². The van der Waals surface area contributed by atoms with Crippen LogP contribution >= 0.6 is 24.0 Å². The van der Waals surface area contributed by atoms with Crippen LogP contribution in [0.2, 0.25) is 0 Å². The van der Waals surface area contributed by atoms with E-state index in [9.17, 15) is 0 Å². The van der Waals surface area contributed by atoms with Crippen LogP contribution < -0.4 is 28.4 Å². The fraction of sp³-hybridized carbons (Fsp3) is 0.419. The first-order chi connectivity index (χ1) is 19.5. The van der Waals surface area contributed by atoms with Gasteiger partial charge in [0.1, 0.15) is 0 Å². The Bertz CT molecular complexity index is 1140. The third-order valence-corrected chi connectivity index (χ3v) is 7.08. The maximum Gasteiger partial charge on any atom is 0.161 e. The molecule has 8 nitrogen and oxygen atoms in total. The Hall–Kier alpha value is -3.04. The fourth-order valence-corrected chi connectivity index (χ4v) is 4.71. The van der Waals surface area contributed by atoms with Gasteiger partial charge in [-0.1, -0.05) is 18.2 Å².